The summed E-state index contributed by atoms with van der Waals surface area (Å²) in [6, 6.07) is 9.91. The van der Waals surface area contributed by atoms with Crippen LogP contribution < -0.4 is 5.32 Å². The number of amides is 1. The van der Waals surface area contributed by atoms with E-state index < -0.39 is 10.0 Å². The monoisotopic (exact) mass is 460 g/mol. The van der Waals surface area contributed by atoms with Crippen LogP contribution in [0.2, 0.25) is 0 Å². The number of nitrogens with zero attached hydrogens (tertiary/aromatic N) is 3. The summed E-state index contributed by atoms with van der Waals surface area (Å²) in [5.41, 5.74) is 2.23. The first-order valence-corrected chi connectivity index (χ1v) is 12.4. The third kappa shape index (κ3) is 4.56. The lowest BCUT2D eigenvalue weighted by Crippen LogP contribution is -2.43. The van der Waals surface area contributed by atoms with Crippen LogP contribution >= 0.6 is 11.3 Å². The smallest absolute Gasteiger partial charge is 0.248 e. The standard InChI is InChI=1S/C21H24N4O4S2/c1-14-19(15(2)29-24-14)31(27,28)25-10-8-16(9-11-25)20(26)22-12-18-13-30-21(23-18)17-6-4-3-5-7-17/h3-7,13,16H,8-12H2,1-2H3,(H,22,26). The summed E-state index contributed by atoms with van der Waals surface area (Å²) in [5, 5.41) is 9.55. The molecule has 0 atom stereocenters. The maximum Gasteiger partial charge on any atom is 0.248 e. The van der Waals surface area contributed by atoms with Gasteiger partial charge in [0.2, 0.25) is 15.9 Å². The minimum atomic E-state index is -3.67. The van der Waals surface area contributed by atoms with Gasteiger partial charge in [-0.15, -0.1) is 11.3 Å². The first-order valence-electron chi connectivity index (χ1n) is 10.1. The average molecular weight is 461 g/mol. The van der Waals surface area contributed by atoms with E-state index in [1.54, 1.807) is 25.2 Å². The molecule has 1 N–H and O–H groups in total. The van der Waals surface area contributed by atoms with Gasteiger partial charge in [0, 0.05) is 30.0 Å². The molecule has 3 heterocycles. The van der Waals surface area contributed by atoms with E-state index in [1.807, 2.05) is 35.7 Å². The van der Waals surface area contributed by atoms with Crippen molar-refractivity contribution in [3.05, 3.63) is 52.9 Å². The zero-order valence-electron chi connectivity index (χ0n) is 17.4. The van der Waals surface area contributed by atoms with Gasteiger partial charge < -0.3 is 9.84 Å². The number of carbonyl (C=O) groups excluding carboxylic acids is 1. The molecule has 164 valence electrons. The van der Waals surface area contributed by atoms with Crippen molar-refractivity contribution < 1.29 is 17.7 Å². The van der Waals surface area contributed by atoms with Crippen LogP contribution in [0.1, 0.15) is 30.0 Å². The molecule has 1 aliphatic rings. The highest BCUT2D eigenvalue weighted by molar-refractivity contribution is 7.89. The van der Waals surface area contributed by atoms with Crippen molar-refractivity contribution in [3.8, 4) is 10.6 Å². The number of nitrogens with one attached hydrogen (secondary N) is 1. The second-order valence-corrected chi connectivity index (χ2v) is 10.3. The molecular formula is C21H24N4O4S2. The average Bonchev–Trinajstić information content (AvgIpc) is 3.39. The van der Waals surface area contributed by atoms with Gasteiger partial charge in [-0.25, -0.2) is 13.4 Å². The number of hydrogen-bond acceptors (Lipinski definition) is 7. The summed E-state index contributed by atoms with van der Waals surface area (Å²) < 4.78 is 32.3. The Morgan fingerprint density at radius 3 is 2.58 bits per heavy atom. The molecule has 1 fully saturated rings. The zero-order chi connectivity index (χ0) is 22.0. The molecule has 1 saturated heterocycles. The first-order chi connectivity index (χ1) is 14.9. The molecule has 0 aliphatic carbocycles. The summed E-state index contributed by atoms with van der Waals surface area (Å²) in [6.45, 7) is 4.15. The summed E-state index contributed by atoms with van der Waals surface area (Å²) >= 11 is 1.55. The molecule has 0 bridgehead atoms. The number of aromatic nitrogens is 2. The predicted molar refractivity (Wildman–Crippen MR) is 117 cm³/mol. The number of carbonyl (C=O) groups is 1. The van der Waals surface area contributed by atoms with Gasteiger partial charge in [-0.1, -0.05) is 35.5 Å². The Kier molecular flexibility index (Phi) is 6.22. The molecule has 1 aromatic carbocycles. The van der Waals surface area contributed by atoms with Gasteiger partial charge in [0.15, 0.2) is 5.76 Å². The van der Waals surface area contributed by atoms with Gasteiger partial charge in [-0.05, 0) is 26.7 Å². The number of hydrogen-bond donors (Lipinski definition) is 1. The fourth-order valence-corrected chi connectivity index (χ4v) is 6.34. The molecule has 0 radical (unpaired) electrons. The van der Waals surface area contributed by atoms with Gasteiger partial charge in [-0.2, -0.15) is 4.31 Å². The topological polar surface area (TPSA) is 105 Å². The Morgan fingerprint density at radius 1 is 1.23 bits per heavy atom. The second kappa shape index (κ2) is 8.89. The highest BCUT2D eigenvalue weighted by Crippen LogP contribution is 2.28. The SMILES string of the molecule is Cc1noc(C)c1S(=O)(=O)N1CCC(C(=O)NCc2csc(-c3ccccc3)n2)CC1. The fraction of sp³-hybridized carbons (Fsp3) is 0.381. The van der Waals surface area contributed by atoms with Crippen LogP contribution in [0.4, 0.5) is 0 Å². The fourth-order valence-electron chi connectivity index (χ4n) is 3.75. The maximum absolute atomic E-state index is 12.9. The predicted octanol–water partition coefficient (Wildman–Crippen LogP) is 3.13. The number of benzene rings is 1. The Hall–Kier alpha value is -2.56. The van der Waals surface area contributed by atoms with Crippen molar-refractivity contribution >= 4 is 27.3 Å². The van der Waals surface area contributed by atoms with Gasteiger partial charge >= 0.3 is 0 Å². The Morgan fingerprint density at radius 2 is 1.94 bits per heavy atom. The maximum atomic E-state index is 12.9. The lowest BCUT2D eigenvalue weighted by Gasteiger charge is -2.30. The summed E-state index contributed by atoms with van der Waals surface area (Å²) in [6.07, 6.45) is 0.946. The molecule has 2 aromatic heterocycles. The number of rotatable bonds is 6. The quantitative estimate of drug-likeness (QED) is 0.606. The second-order valence-electron chi connectivity index (χ2n) is 7.56. The highest BCUT2D eigenvalue weighted by atomic mass is 32.2. The van der Waals surface area contributed by atoms with Crippen molar-refractivity contribution in [2.24, 2.45) is 5.92 Å². The van der Waals surface area contributed by atoms with E-state index in [2.05, 4.69) is 15.5 Å². The minimum absolute atomic E-state index is 0.0661. The number of thiazole rings is 1. The van der Waals surface area contributed by atoms with Crippen LogP contribution in [0.15, 0.2) is 45.1 Å². The molecular weight excluding hydrogens is 436 g/mol. The molecule has 8 nitrogen and oxygen atoms in total. The van der Waals surface area contributed by atoms with E-state index in [-0.39, 0.29) is 22.5 Å². The van der Waals surface area contributed by atoms with E-state index in [0.717, 1.165) is 16.3 Å². The Labute approximate surface area is 185 Å². The van der Waals surface area contributed by atoms with Crippen molar-refractivity contribution in [2.45, 2.75) is 38.1 Å². The van der Waals surface area contributed by atoms with Crippen molar-refractivity contribution in [1.82, 2.24) is 19.8 Å². The molecule has 3 aromatic rings. The highest BCUT2D eigenvalue weighted by Gasteiger charge is 2.35. The molecule has 1 aliphatic heterocycles. The van der Waals surface area contributed by atoms with E-state index in [1.165, 1.54) is 4.31 Å². The van der Waals surface area contributed by atoms with E-state index >= 15 is 0 Å². The van der Waals surface area contributed by atoms with Gasteiger partial charge in [0.05, 0.1) is 12.2 Å². The van der Waals surface area contributed by atoms with Gasteiger partial charge in [0.1, 0.15) is 15.6 Å². The number of sulfonamides is 1. The van der Waals surface area contributed by atoms with E-state index in [9.17, 15) is 13.2 Å². The van der Waals surface area contributed by atoms with Crippen LogP contribution in [0.25, 0.3) is 10.6 Å². The van der Waals surface area contributed by atoms with Crippen molar-refractivity contribution in [2.75, 3.05) is 13.1 Å². The van der Waals surface area contributed by atoms with Gasteiger partial charge in [-0.3, -0.25) is 4.79 Å². The molecule has 31 heavy (non-hydrogen) atoms. The largest absolute Gasteiger partial charge is 0.360 e. The van der Waals surface area contributed by atoms with Crippen LogP contribution in [0.3, 0.4) is 0 Å². The summed E-state index contributed by atoms with van der Waals surface area (Å²) in [4.78, 5) is 17.3. The molecule has 1 amide bonds. The lowest BCUT2D eigenvalue weighted by atomic mass is 9.97. The molecule has 4 rings (SSSR count). The third-order valence-corrected chi connectivity index (χ3v) is 8.49. The molecule has 0 unspecified atom stereocenters. The summed E-state index contributed by atoms with van der Waals surface area (Å²) in [7, 11) is -3.67. The molecule has 10 heteroatoms. The Bertz CT molecular complexity index is 1140. The van der Waals surface area contributed by atoms with Gasteiger partial charge in [0.25, 0.3) is 0 Å². The van der Waals surface area contributed by atoms with Crippen LogP contribution in [-0.4, -0.2) is 41.9 Å². The Balaban J connectivity index is 1.31. The molecule has 0 saturated carbocycles. The van der Waals surface area contributed by atoms with Crippen molar-refractivity contribution in [1.29, 1.82) is 0 Å². The van der Waals surface area contributed by atoms with Crippen molar-refractivity contribution in [3.63, 3.8) is 0 Å². The lowest BCUT2D eigenvalue weighted by molar-refractivity contribution is -0.126. The summed E-state index contributed by atoms with van der Waals surface area (Å²) in [5.74, 6) is 0.00231. The normalized spacial score (nSPS) is 15.8. The van der Waals surface area contributed by atoms with Crippen LogP contribution in [-0.2, 0) is 21.4 Å². The minimum Gasteiger partial charge on any atom is -0.360 e. The molecule has 0 spiro atoms. The van der Waals surface area contributed by atoms with Crippen LogP contribution in [0, 0.1) is 19.8 Å². The number of aryl methyl sites for hydroxylation is 2. The zero-order valence-corrected chi connectivity index (χ0v) is 19.0. The van der Waals surface area contributed by atoms with E-state index in [0.29, 0.717) is 38.2 Å². The van der Waals surface area contributed by atoms with Crippen LogP contribution in [0.5, 0.6) is 0 Å². The first kappa shape index (κ1) is 21.7. The third-order valence-electron chi connectivity index (χ3n) is 5.41. The number of piperidine rings is 1. The van der Waals surface area contributed by atoms with E-state index in [4.69, 9.17) is 4.52 Å².